The van der Waals surface area contributed by atoms with E-state index in [1.807, 2.05) is 19.2 Å². The second-order valence-corrected chi connectivity index (χ2v) is 7.71. The predicted octanol–water partition coefficient (Wildman–Crippen LogP) is 5.63. The smallest absolute Gasteiger partial charge is 0.160 e. The molecule has 0 N–H and O–H groups in total. The minimum atomic E-state index is -0.103. The lowest BCUT2D eigenvalue weighted by Gasteiger charge is -2.26. The monoisotopic (exact) mass is 369 g/mol. The van der Waals surface area contributed by atoms with Gasteiger partial charge in [0.2, 0.25) is 0 Å². The van der Waals surface area contributed by atoms with Crippen LogP contribution >= 0.6 is 27.5 Å². The molecule has 1 saturated carbocycles. The Balaban J connectivity index is 2.16. The maximum atomic E-state index is 6.40. The minimum Gasteiger partial charge on any atom is -0.308 e. The molecule has 114 valence electrons. The number of nitrogens with zero attached hydrogens (tertiary/aromatic N) is 3. The molecule has 1 aliphatic rings. The number of rotatable bonds is 2. The summed E-state index contributed by atoms with van der Waals surface area (Å²) < 4.78 is 3.28. The van der Waals surface area contributed by atoms with Gasteiger partial charge in [-0.15, -0.1) is 11.6 Å². The van der Waals surface area contributed by atoms with Crippen LogP contribution in [-0.4, -0.2) is 14.5 Å². The standard InChI is InChI=1S/C16H21BrClN3/c1-10-6-4-3-5-7-14(10)21-15(11(2)18)20-13-8-12(17)9-19-16(13)21/h8-11,14H,3-7H2,1-2H3. The summed E-state index contributed by atoms with van der Waals surface area (Å²) in [6.45, 7) is 4.35. The van der Waals surface area contributed by atoms with E-state index in [4.69, 9.17) is 16.6 Å². The quantitative estimate of drug-likeness (QED) is 0.506. The van der Waals surface area contributed by atoms with E-state index >= 15 is 0 Å². The maximum Gasteiger partial charge on any atom is 0.160 e. The molecule has 1 fully saturated rings. The van der Waals surface area contributed by atoms with Gasteiger partial charge < -0.3 is 4.57 Å². The molecule has 3 atom stereocenters. The molecule has 2 heterocycles. The molecule has 0 aromatic carbocycles. The van der Waals surface area contributed by atoms with Gasteiger partial charge >= 0.3 is 0 Å². The van der Waals surface area contributed by atoms with Crippen molar-refractivity contribution in [2.75, 3.05) is 0 Å². The van der Waals surface area contributed by atoms with Crippen molar-refractivity contribution in [2.24, 2.45) is 5.92 Å². The number of hydrogen-bond donors (Lipinski definition) is 0. The van der Waals surface area contributed by atoms with E-state index in [1.165, 1.54) is 32.1 Å². The molecule has 0 spiro atoms. The average molecular weight is 371 g/mol. The Morgan fingerprint density at radius 3 is 2.86 bits per heavy atom. The first-order chi connectivity index (χ1) is 10.1. The fraction of sp³-hybridized carbons (Fsp3) is 0.625. The summed E-state index contributed by atoms with van der Waals surface area (Å²) in [4.78, 5) is 9.37. The second kappa shape index (κ2) is 6.25. The van der Waals surface area contributed by atoms with Gasteiger partial charge in [-0.2, -0.15) is 0 Å². The van der Waals surface area contributed by atoms with Crippen LogP contribution < -0.4 is 0 Å². The largest absolute Gasteiger partial charge is 0.308 e. The summed E-state index contributed by atoms with van der Waals surface area (Å²) in [5.41, 5.74) is 1.91. The van der Waals surface area contributed by atoms with Crippen LogP contribution in [0.15, 0.2) is 16.7 Å². The van der Waals surface area contributed by atoms with Gasteiger partial charge in [-0.05, 0) is 47.7 Å². The highest BCUT2D eigenvalue weighted by Crippen LogP contribution is 2.37. The van der Waals surface area contributed by atoms with Gasteiger partial charge in [0.15, 0.2) is 5.65 Å². The molecular weight excluding hydrogens is 350 g/mol. The van der Waals surface area contributed by atoms with E-state index in [9.17, 15) is 0 Å². The number of halogens is 2. The summed E-state index contributed by atoms with van der Waals surface area (Å²) in [7, 11) is 0. The van der Waals surface area contributed by atoms with Crippen LogP contribution in [0.1, 0.15) is 63.2 Å². The molecule has 3 nitrogen and oxygen atoms in total. The Hall–Kier alpha value is -0.610. The van der Waals surface area contributed by atoms with Gasteiger partial charge in [0.1, 0.15) is 11.3 Å². The highest BCUT2D eigenvalue weighted by Gasteiger charge is 2.27. The Bertz CT molecular complexity index is 638. The first kappa shape index (κ1) is 15.3. The summed E-state index contributed by atoms with van der Waals surface area (Å²) in [5, 5.41) is -0.103. The minimum absolute atomic E-state index is 0.103. The summed E-state index contributed by atoms with van der Waals surface area (Å²) in [6.07, 6.45) is 8.26. The summed E-state index contributed by atoms with van der Waals surface area (Å²) >= 11 is 9.88. The van der Waals surface area contributed by atoms with Gasteiger partial charge in [0.05, 0.1) is 5.38 Å². The lowest BCUT2D eigenvalue weighted by atomic mass is 9.96. The number of pyridine rings is 1. The van der Waals surface area contributed by atoms with E-state index in [1.54, 1.807) is 0 Å². The number of fused-ring (bicyclic) bond motifs is 1. The van der Waals surface area contributed by atoms with Gasteiger partial charge in [0.25, 0.3) is 0 Å². The van der Waals surface area contributed by atoms with Gasteiger partial charge in [-0.25, -0.2) is 9.97 Å². The Morgan fingerprint density at radius 1 is 1.33 bits per heavy atom. The first-order valence-electron chi connectivity index (χ1n) is 7.75. The van der Waals surface area contributed by atoms with Crippen LogP contribution in [0.5, 0.6) is 0 Å². The normalized spacial score (nSPS) is 25.0. The van der Waals surface area contributed by atoms with Crippen molar-refractivity contribution < 1.29 is 0 Å². The van der Waals surface area contributed by atoms with Crippen molar-refractivity contribution in [2.45, 2.75) is 57.4 Å². The van der Waals surface area contributed by atoms with Crippen molar-refractivity contribution in [3.8, 4) is 0 Å². The third-order valence-electron chi connectivity index (χ3n) is 4.53. The van der Waals surface area contributed by atoms with Crippen molar-refractivity contribution in [1.29, 1.82) is 0 Å². The average Bonchev–Trinajstić information content (AvgIpc) is 2.68. The molecule has 21 heavy (non-hydrogen) atoms. The molecule has 0 radical (unpaired) electrons. The van der Waals surface area contributed by atoms with Crippen molar-refractivity contribution in [3.63, 3.8) is 0 Å². The summed E-state index contributed by atoms with van der Waals surface area (Å²) in [5.74, 6) is 1.60. The zero-order valence-corrected chi connectivity index (χ0v) is 14.9. The molecular formula is C16H21BrClN3. The SMILES string of the molecule is CC(Cl)c1nc2cc(Br)cnc2n1C1CCCCCC1C. The Kier molecular flexibility index (Phi) is 4.55. The third-order valence-corrected chi connectivity index (χ3v) is 5.16. The first-order valence-corrected chi connectivity index (χ1v) is 8.98. The van der Waals surface area contributed by atoms with E-state index in [-0.39, 0.29) is 5.38 Å². The Labute approximate surface area is 139 Å². The zero-order valence-electron chi connectivity index (χ0n) is 12.5. The molecule has 1 aliphatic carbocycles. The molecule has 2 aromatic heterocycles. The third kappa shape index (κ3) is 2.98. The number of aromatic nitrogens is 3. The van der Waals surface area contributed by atoms with Crippen molar-refractivity contribution in [1.82, 2.24) is 14.5 Å². The molecule has 0 aliphatic heterocycles. The lowest BCUT2D eigenvalue weighted by Crippen LogP contribution is -2.19. The highest BCUT2D eigenvalue weighted by molar-refractivity contribution is 9.10. The van der Waals surface area contributed by atoms with Crippen molar-refractivity contribution in [3.05, 3.63) is 22.6 Å². The number of alkyl halides is 1. The second-order valence-electron chi connectivity index (χ2n) is 6.13. The van der Waals surface area contributed by atoms with Crippen LogP contribution in [0, 0.1) is 5.92 Å². The molecule has 0 bridgehead atoms. The summed E-state index contributed by atoms with van der Waals surface area (Å²) in [6, 6.07) is 2.49. The van der Waals surface area contributed by atoms with E-state index < -0.39 is 0 Å². The molecule has 0 amide bonds. The molecule has 0 saturated heterocycles. The molecule has 3 rings (SSSR count). The van der Waals surface area contributed by atoms with E-state index in [2.05, 4.69) is 32.4 Å². The predicted molar refractivity (Wildman–Crippen MR) is 90.8 cm³/mol. The van der Waals surface area contributed by atoms with Crippen LogP contribution in [0.25, 0.3) is 11.2 Å². The lowest BCUT2D eigenvalue weighted by molar-refractivity contribution is 0.331. The molecule has 2 aromatic rings. The number of imidazole rings is 1. The molecule has 3 unspecified atom stereocenters. The van der Waals surface area contributed by atoms with Gasteiger partial charge in [-0.3, -0.25) is 0 Å². The number of hydrogen-bond acceptors (Lipinski definition) is 2. The topological polar surface area (TPSA) is 30.7 Å². The van der Waals surface area contributed by atoms with Crippen LogP contribution in [0.4, 0.5) is 0 Å². The molecule has 5 heteroatoms. The van der Waals surface area contributed by atoms with E-state index in [0.717, 1.165) is 21.5 Å². The zero-order chi connectivity index (χ0) is 15.0. The van der Waals surface area contributed by atoms with Crippen LogP contribution in [0.2, 0.25) is 0 Å². The Morgan fingerprint density at radius 2 is 2.10 bits per heavy atom. The fourth-order valence-electron chi connectivity index (χ4n) is 3.44. The van der Waals surface area contributed by atoms with Crippen molar-refractivity contribution >= 4 is 38.7 Å². The van der Waals surface area contributed by atoms with Gasteiger partial charge in [-0.1, -0.05) is 26.2 Å². The maximum absolute atomic E-state index is 6.40. The van der Waals surface area contributed by atoms with Gasteiger partial charge in [0, 0.05) is 16.7 Å². The van der Waals surface area contributed by atoms with Crippen LogP contribution in [-0.2, 0) is 0 Å². The van der Waals surface area contributed by atoms with E-state index in [0.29, 0.717) is 12.0 Å². The van der Waals surface area contributed by atoms with Crippen LogP contribution in [0.3, 0.4) is 0 Å². The highest BCUT2D eigenvalue weighted by atomic mass is 79.9. The fourth-order valence-corrected chi connectivity index (χ4v) is 3.91.